The number of piperidine rings is 1. The van der Waals surface area contributed by atoms with Gasteiger partial charge in [0.15, 0.2) is 0 Å². The van der Waals surface area contributed by atoms with Crippen LogP contribution in [0.3, 0.4) is 0 Å². The van der Waals surface area contributed by atoms with E-state index in [1.54, 1.807) is 0 Å². The van der Waals surface area contributed by atoms with Crippen LogP contribution in [0.4, 0.5) is 5.95 Å². The van der Waals surface area contributed by atoms with Crippen molar-refractivity contribution in [2.24, 2.45) is 5.92 Å². The van der Waals surface area contributed by atoms with Gasteiger partial charge in [-0.05, 0) is 25.7 Å². The minimum Gasteiger partial charge on any atom is -0.368 e. The highest BCUT2D eigenvalue weighted by molar-refractivity contribution is 7.89. The van der Waals surface area contributed by atoms with Gasteiger partial charge in [0.2, 0.25) is 16.0 Å². The SMILES string of the molecule is CC1CCCN(S(=O)(=O)c2cnc(N)nc2)C1C. The van der Waals surface area contributed by atoms with Crippen molar-refractivity contribution >= 4 is 16.0 Å². The van der Waals surface area contributed by atoms with Crippen LogP contribution in [0.1, 0.15) is 26.7 Å². The first-order valence-corrected chi connectivity index (χ1v) is 7.46. The van der Waals surface area contributed by atoms with Crippen molar-refractivity contribution in [3.8, 4) is 0 Å². The maximum atomic E-state index is 12.5. The van der Waals surface area contributed by atoms with E-state index in [-0.39, 0.29) is 16.9 Å². The van der Waals surface area contributed by atoms with Gasteiger partial charge in [-0.1, -0.05) is 6.92 Å². The van der Waals surface area contributed by atoms with E-state index in [2.05, 4.69) is 16.9 Å². The van der Waals surface area contributed by atoms with Crippen LogP contribution in [0.5, 0.6) is 0 Å². The summed E-state index contributed by atoms with van der Waals surface area (Å²) in [4.78, 5) is 7.60. The quantitative estimate of drug-likeness (QED) is 0.861. The minimum atomic E-state index is -3.51. The molecule has 0 radical (unpaired) electrons. The number of aromatic nitrogens is 2. The van der Waals surface area contributed by atoms with E-state index in [1.165, 1.54) is 16.7 Å². The Hall–Kier alpha value is -1.21. The Morgan fingerprint density at radius 2 is 1.94 bits per heavy atom. The lowest BCUT2D eigenvalue weighted by atomic mass is 9.94. The topological polar surface area (TPSA) is 89.2 Å². The second-order valence-electron chi connectivity index (χ2n) is 4.75. The highest BCUT2D eigenvalue weighted by Crippen LogP contribution is 2.28. The molecule has 2 rings (SSSR count). The second kappa shape index (κ2) is 4.81. The first-order valence-electron chi connectivity index (χ1n) is 6.02. The Morgan fingerprint density at radius 1 is 1.33 bits per heavy atom. The molecule has 1 aliphatic heterocycles. The molecular weight excluding hydrogens is 252 g/mol. The van der Waals surface area contributed by atoms with Crippen LogP contribution in [0.25, 0.3) is 0 Å². The molecule has 2 N–H and O–H groups in total. The molecule has 18 heavy (non-hydrogen) atoms. The largest absolute Gasteiger partial charge is 0.368 e. The number of sulfonamides is 1. The van der Waals surface area contributed by atoms with E-state index in [1.807, 2.05) is 6.92 Å². The third-order valence-corrected chi connectivity index (χ3v) is 5.51. The highest BCUT2D eigenvalue weighted by Gasteiger charge is 2.34. The lowest BCUT2D eigenvalue weighted by molar-refractivity contribution is 0.202. The fourth-order valence-electron chi connectivity index (χ4n) is 2.23. The van der Waals surface area contributed by atoms with Crippen molar-refractivity contribution < 1.29 is 8.42 Å². The van der Waals surface area contributed by atoms with E-state index >= 15 is 0 Å². The van der Waals surface area contributed by atoms with Gasteiger partial charge < -0.3 is 5.73 Å². The van der Waals surface area contributed by atoms with Crippen molar-refractivity contribution in [3.63, 3.8) is 0 Å². The fraction of sp³-hybridized carbons (Fsp3) is 0.636. The summed E-state index contributed by atoms with van der Waals surface area (Å²) in [5.74, 6) is 0.442. The molecule has 1 aromatic rings. The molecule has 0 aromatic carbocycles. The van der Waals surface area contributed by atoms with Crippen molar-refractivity contribution in [3.05, 3.63) is 12.4 Å². The molecule has 2 atom stereocenters. The van der Waals surface area contributed by atoms with Crippen LogP contribution in [0.2, 0.25) is 0 Å². The zero-order chi connectivity index (χ0) is 13.3. The summed E-state index contributed by atoms with van der Waals surface area (Å²) in [5, 5.41) is 0. The predicted octanol–water partition coefficient (Wildman–Crippen LogP) is 0.868. The molecule has 0 spiro atoms. The number of nitrogens with two attached hydrogens (primary N) is 1. The average molecular weight is 270 g/mol. The van der Waals surface area contributed by atoms with Crippen molar-refractivity contribution in [1.29, 1.82) is 0 Å². The van der Waals surface area contributed by atoms with Crippen LogP contribution >= 0.6 is 0 Å². The molecule has 100 valence electrons. The monoisotopic (exact) mass is 270 g/mol. The number of nitrogen functional groups attached to an aromatic ring is 1. The van der Waals surface area contributed by atoms with Gasteiger partial charge in [0.05, 0.1) is 12.4 Å². The van der Waals surface area contributed by atoms with Crippen molar-refractivity contribution in [2.45, 2.75) is 37.6 Å². The van der Waals surface area contributed by atoms with Gasteiger partial charge in [-0.2, -0.15) is 4.31 Å². The number of nitrogens with zero attached hydrogens (tertiary/aromatic N) is 3. The van der Waals surface area contributed by atoms with Crippen LogP contribution in [-0.2, 0) is 10.0 Å². The van der Waals surface area contributed by atoms with Gasteiger partial charge in [0.25, 0.3) is 0 Å². The molecule has 0 bridgehead atoms. The molecule has 7 heteroatoms. The van der Waals surface area contributed by atoms with E-state index in [9.17, 15) is 8.42 Å². The van der Waals surface area contributed by atoms with Gasteiger partial charge in [-0.15, -0.1) is 0 Å². The normalized spacial score (nSPS) is 26.1. The summed E-state index contributed by atoms with van der Waals surface area (Å²) in [5.41, 5.74) is 5.37. The summed E-state index contributed by atoms with van der Waals surface area (Å²) in [6, 6.07) is 0.00121. The number of rotatable bonds is 2. The molecule has 6 nitrogen and oxygen atoms in total. The van der Waals surface area contributed by atoms with Gasteiger partial charge in [0, 0.05) is 12.6 Å². The third-order valence-electron chi connectivity index (χ3n) is 3.57. The summed E-state index contributed by atoms with van der Waals surface area (Å²) in [7, 11) is -3.51. The van der Waals surface area contributed by atoms with Crippen LogP contribution in [-0.4, -0.2) is 35.3 Å². The zero-order valence-corrected chi connectivity index (χ0v) is 11.4. The smallest absolute Gasteiger partial charge is 0.246 e. The molecule has 1 aliphatic rings. The minimum absolute atomic E-state index is 0.00121. The Labute approximate surface area is 107 Å². The van der Waals surface area contributed by atoms with Gasteiger partial charge in [-0.25, -0.2) is 18.4 Å². The molecule has 2 heterocycles. The predicted molar refractivity (Wildman–Crippen MR) is 68.2 cm³/mol. The van der Waals surface area contributed by atoms with Gasteiger partial charge >= 0.3 is 0 Å². The molecule has 0 saturated carbocycles. The summed E-state index contributed by atoms with van der Waals surface area (Å²) >= 11 is 0. The first kappa shape index (κ1) is 13.2. The number of anilines is 1. The first-order chi connectivity index (χ1) is 8.43. The van der Waals surface area contributed by atoms with Crippen molar-refractivity contribution in [1.82, 2.24) is 14.3 Å². The Morgan fingerprint density at radius 3 is 2.56 bits per heavy atom. The van der Waals surface area contributed by atoms with Gasteiger partial charge in [-0.3, -0.25) is 0 Å². The Balaban J connectivity index is 2.33. The van der Waals surface area contributed by atoms with E-state index in [4.69, 9.17) is 5.73 Å². The molecule has 1 fully saturated rings. The van der Waals surface area contributed by atoms with Crippen LogP contribution in [0, 0.1) is 5.92 Å². The number of hydrogen-bond acceptors (Lipinski definition) is 5. The summed E-state index contributed by atoms with van der Waals surface area (Å²) in [6.07, 6.45) is 4.49. The summed E-state index contributed by atoms with van der Waals surface area (Å²) < 4.78 is 26.5. The zero-order valence-electron chi connectivity index (χ0n) is 10.6. The molecular formula is C11H18N4O2S. The molecule has 1 aromatic heterocycles. The Kier molecular flexibility index (Phi) is 3.54. The standard InChI is InChI=1S/C11H18N4O2S/c1-8-4-3-5-15(9(8)2)18(16,17)10-6-13-11(12)14-7-10/h6-9H,3-5H2,1-2H3,(H2,12,13,14). The van der Waals surface area contributed by atoms with Crippen LogP contribution < -0.4 is 5.73 Å². The lowest BCUT2D eigenvalue weighted by Gasteiger charge is -2.36. The molecule has 0 amide bonds. The second-order valence-corrected chi connectivity index (χ2v) is 6.64. The molecule has 2 unspecified atom stereocenters. The van der Waals surface area contributed by atoms with E-state index in [0.717, 1.165) is 12.8 Å². The Bertz CT molecular complexity index is 514. The van der Waals surface area contributed by atoms with E-state index in [0.29, 0.717) is 12.5 Å². The summed E-state index contributed by atoms with van der Waals surface area (Å²) in [6.45, 7) is 4.57. The highest BCUT2D eigenvalue weighted by atomic mass is 32.2. The van der Waals surface area contributed by atoms with Crippen LogP contribution in [0.15, 0.2) is 17.3 Å². The fourth-order valence-corrected chi connectivity index (χ4v) is 3.89. The van der Waals surface area contributed by atoms with Gasteiger partial charge in [0.1, 0.15) is 4.90 Å². The maximum absolute atomic E-state index is 12.5. The number of hydrogen-bond donors (Lipinski definition) is 1. The molecule has 0 aliphatic carbocycles. The average Bonchev–Trinajstić information content (AvgIpc) is 2.33. The third kappa shape index (κ3) is 2.32. The maximum Gasteiger partial charge on any atom is 0.246 e. The van der Waals surface area contributed by atoms with Crippen molar-refractivity contribution in [2.75, 3.05) is 12.3 Å². The lowest BCUT2D eigenvalue weighted by Crippen LogP contribution is -2.45. The molecule has 1 saturated heterocycles. The van der Waals surface area contributed by atoms with E-state index < -0.39 is 10.0 Å².